The second-order valence-electron chi connectivity index (χ2n) is 4.22. The van der Waals surface area contributed by atoms with Crippen molar-refractivity contribution in [1.29, 1.82) is 0 Å². The fraction of sp³-hybridized carbons (Fsp3) is 0.333. The highest BCUT2D eigenvalue weighted by Gasteiger charge is 2.03. The van der Waals surface area contributed by atoms with Crippen molar-refractivity contribution in [2.45, 2.75) is 6.42 Å². The minimum Gasteiger partial charge on any atom is -0.380 e. The van der Waals surface area contributed by atoms with Crippen molar-refractivity contribution in [3.63, 3.8) is 0 Å². The molecule has 18 heavy (non-hydrogen) atoms. The van der Waals surface area contributed by atoms with Crippen LogP contribution in [0.1, 0.15) is 5.56 Å². The summed E-state index contributed by atoms with van der Waals surface area (Å²) in [5.74, 6) is 0. The monoisotopic (exact) mass is 263 g/mol. The van der Waals surface area contributed by atoms with Crippen molar-refractivity contribution in [1.82, 2.24) is 5.32 Å². The molecule has 0 heterocycles. The number of likely N-dealkylation sites (N-methyl/N-ethyl adjacent to an activating group) is 1. The molecule has 0 aromatic heterocycles. The molecule has 0 saturated heterocycles. The van der Waals surface area contributed by atoms with Crippen LogP contribution in [0.25, 0.3) is 10.8 Å². The molecule has 0 aliphatic heterocycles. The van der Waals surface area contributed by atoms with E-state index in [2.05, 4.69) is 23.5 Å². The summed E-state index contributed by atoms with van der Waals surface area (Å²) >= 11 is 6.19. The van der Waals surface area contributed by atoms with Crippen LogP contribution >= 0.6 is 11.6 Å². The molecule has 2 aromatic carbocycles. The Bertz CT molecular complexity index is 513. The van der Waals surface area contributed by atoms with Gasteiger partial charge in [-0.15, -0.1) is 0 Å². The first-order valence-corrected chi connectivity index (χ1v) is 6.59. The van der Waals surface area contributed by atoms with E-state index in [1.165, 1.54) is 10.9 Å². The smallest absolute Gasteiger partial charge is 0.0590 e. The van der Waals surface area contributed by atoms with Crippen molar-refractivity contribution in [2.24, 2.45) is 0 Å². The Balaban J connectivity index is 2.07. The van der Waals surface area contributed by atoms with E-state index < -0.39 is 0 Å². The van der Waals surface area contributed by atoms with Crippen LogP contribution in [0.3, 0.4) is 0 Å². The molecule has 0 aliphatic carbocycles. The third-order valence-electron chi connectivity index (χ3n) is 2.97. The van der Waals surface area contributed by atoms with Gasteiger partial charge < -0.3 is 10.1 Å². The number of ether oxygens (including phenoxy) is 1. The van der Waals surface area contributed by atoms with E-state index in [1.807, 2.05) is 25.2 Å². The van der Waals surface area contributed by atoms with Crippen LogP contribution in [0.5, 0.6) is 0 Å². The zero-order chi connectivity index (χ0) is 12.8. The second-order valence-corrected chi connectivity index (χ2v) is 4.63. The molecule has 0 bridgehead atoms. The highest BCUT2D eigenvalue weighted by molar-refractivity contribution is 6.35. The SMILES string of the molecule is CNCCOCCc1ccc(Cl)c2ccccc12. The minimum absolute atomic E-state index is 0.743. The summed E-state index contributed by atoms with van der Waals surface area (Å²) in [5.41, 5.74) is 1.29. The van der Waals surface area contributed by atoms with Gasteiger partial charge in [0.05, 0.1) is 13.2 Å². The average Bonchev–Trinajstić information content (AvgIpc) is 2.41. The zero-order valence-electron chi connectivity index (χ0n) is 10.6. The normalized spacial score (nSPS) is 11.0. The van der Waals surface area contributed by atoms with Gasteiger partial charge in [-0.2, -0.15) is 0 Å². The third kappa shape index (κ3) is 3.22. The quantitative estimate of drug-likeness (QED) is 0.808. The molecule has 0 saturated carbocycles. The van der Waals surface area contributed by atoms with Gasteiger partial charge in [0.1, 0.15) is 0 Å². The van der Waals surface area contributed by atoms with Crippen molar-refractivity contribution < 1.29 is 4.74 Å². The number of hydrogen-bond donors (Lipinski definition) is 1. The first kappa shape index (κ1) is 13.3. The van der Waals surface area contributed by atoms with E-state index in [-0.39, 0.29) is 0 Å². The maximum atomic E-state index is 6.19. The summed E-state index contributed by atoms with van der Waals surface area (Å²) in [6.07, 6.45) is 0.918. The predicted octanol–water partition coefficient (Wildman–Crippen LogP) is 3.27. The summed E-state index contributed by atoms with van der Waals surface area (Å²) in [6, 6.07) is 12.3. The summed E-state index contributed by atoms with van der Waals surface area (Å²) in [4.78, 5) is 0. The van der Waals surface area contributed by atoms with Gasteiger partial charge in [0.2, 0.25) is 0 Å². The molecule has 2 rings (SSSR count). The minimum atomic E-state index is 0.743. The largest absolute Gasteiger partial charge is 0.380 e. The third-order valence-corrected chi connectivity index (χ3v) is 3.30. The van der Waals surface area contributed by atoms with Gasteiger partial charge in [0.25, 0.3) is 0 Å². The van der Waals surface area contributed by atoms with Gasteiger partial charge in [0.15, 0.2) is 0 Å². The van der Waals surface area contributed by atoms with Gasteiger partial charge >= 0.3 is 0 Å². The summed E-state index contributed by atoms with van der Waals surface area (Å²) in [5, 5.41) is 6.21. The Hall–Kier alpha value is -1.09. The molecule has 0 atom stereocenters. The fourth-order valence-electron chi connectivity index (χ4n) is 2.00. The number of fused-ring (bicyclic) bond motifs is 1. The number of nitrogens with one attached hydrogen (secondary N) is 1. The van der Waals surface area contributed by atoms with E-state index in [9.17, 15) is 0 Å². The van der Waals surface area contributed by atoms with Crippen LogP contribution in [0, 0.1) is 0 Å². The van der Waals surface area contributed by atoms with Gasteiger partial charge in [0, 0.05) is 17.0 Å². The van der Waals surface area contributed by atoms with Crippen LogP contribution in [-0.4, -0.2) is 26.8 Å². The zero-order valence-corrected chi connectivity index (χ0v) is 11.3. The molecule has 1 N–H and O–H groups in total. The molecule has 0 radical (unpaired) electrons. The summed E-state index contributed by atoms with van der Waals surface area (Å²) < 4.78 is 5.56. The summed E-state index contributed by atoms with van der Waals surface area (Å²) in [6.45, 7) is 2.39. The number of rotatable bonds is 6. The lowest BCUT2D eigenvalue weighted by Gasteiger charge is -2.08. The standard InChI is InChI=1S/C15H18ClNO/c1-17-9-11-18-10-8-12-6-7-15(16)14-5-3-2-4-13(12)14/h2-7,17H,8-11H2,1H3. The van der Waals surface area contributed by atoms with Gasteiger partial charge in [-0.25, -0.2) is 0 Å². The molecule has 2 aromatic rings. The molecule has 3 heteroatoms. The van der Waals surface area contributed by atoms with Crippen LogP contribution in [-0.2, 0) is 11.2 Å². The van der Waals surface area contributed by atoms with Gasteiger partial charge in [-0.1, -0.05) is 41.9 Å². The number of halogens is 1. The highest BCUT2D eigenvalue weighted by Crippen LogP contribution is 2.26. The molecular formula is C15H18ClNO. The summed E-state index contributed by atoms with van der Waals surface area (Å²) in [7, 11) is 1.93. The molecule has 0 amide bonds. The molecule has 0 spiro atoms. The van der Waals surface area contributed by atoms with E-state index in [0.717, 1.165) is 36.6 Å². The van der Waals surface area contributed by atoms with Crippen LogP contribution in [0.15, 0.2) is 36.4 Å². The lowest BCUT2D eigenvalue weighted by molar-refractivity contribution is 0.140. The van der Waals surface area contributed by atoms with Crippen molar-refractivity contribution >= 4 is 22.4 Å². The lowest BCUT2D eigenvalue weighted by Crippen LogP contribution is -2.15. The van der Waals surface area contributed by atoms with E-state index in [1.54, 1.807) is 0 Å². The Labute approximate surface area is 113 Å². The fourth-order valence-corrected chi connectivity index (χ4v) is 2.23. The number of benzene rings is 2. The lowest BCUT2D eigenvalue weighted by atomic mass is 10.0. The maximum absolute atomic E-state index is 6.19. The van der Waals surface area contributed by atoms with E-state index >= 15 is 0 Å². The van der Waals surface area contributed by atoms with Crippen molar-refractivity contribution in [3.05, 3.63) is 47.0 Å². The van der Waals surface area contributed by atoms with Crippen LogP contribution in [0.4, 0.5) is 0 Å². The molecular weight excluding hydrogens is 246 g/mol. The first-order valence-electron chi connectivity index (χ1n) is 6.21. The van der Waals surface area contributed by atoms with E-state index in [4.69, 9.17) is 16.3 Å². The van der Waals surface area contributed by atoms with E-state index in [0.29, 0.717) is 0 Å². The van der Waals surface area contributed by atoms with Gasteiger partial charge in [-0.3, -0.25) is 0 Å². The molecule has 0 fully saturated rings. The highest BCUT2D eigenvalue weighted by atomic mass is 35.5. The topological polar surface area (TPSA) is 21.3 Å². The Kier molecular flexibility index (Phi) is 5.00. The Morgan fingerprint density at radius 2 is 1.83 bits per heavy atom. The predicted molar refractivity (Wildman–Crippen MR) is 77.4 cm³/mol. The molecule has 2 nitrogen and oxygen atoms in total. The number of hydrogen-bond acceptors (Lipinski definition) is 2. The van der Waals surface area contributed by atoms with Crippen molar-refractivity contribution in [2.75, 3.05) is 26.8 Å². The molecule has 96 valence electrons. The van der Waals surface area contributed by atoms with Crippen molar-refractivity contribution in [3.8, 4) is 0 Å². The maximum Gasteiger partial charge on any atom is 0.0590 e. The van der Waals surface area contributed by atoms with Gasteiger partial charge in [-0.05, 0) is 30.5 Å². The second kappa shape index (κ2) is 6.74. The first-order chi connectivity index (χ1) is 8.83. The Morgan fingerprint density at radius 3 is 2.61 bits per heavy atom. The molecule has 0 unspecified atom stereocenters. The average molecular weight is 264 g/mol. The van der Waals surface area contributed by atoms with Crippen LogP contribution in [0.2, 0.25) is 5.02 Å². The molecule has 0 aliphatic rings. The van der Waals surface area contributed by atoms with Crippen LogP contribution < -0.4 is 5.32 Å². The Morgan fingerprint density at radius 1 is 1.06 bits per heavy atom.